The van der Waals surface area contributed by atoms with Gasteiger partial charge in [0.25, 0.3) is 0 Å². The summed E-state index contributed by atoms with van der Waals surface area (Å²) in [5, 5.41) is 10.2. The van der Waals surface area contributed by atoms with Crippen LogP contribution in [0.15, 0.2) is 18.2 Å². The molecule has 0 aliphatic carbocycles. The number of nitro benzene ring substituents is 1. The Labute approximate surface area is 80.2 Å². The number of hydrogen-bond acceptors (Lipinski definition) is 3. The maximum absolute atomic E-state index is 12.7. The third-order valence-electron chi connectivity index (χ3n) is 1.35. The summed E-state index contributed by atoms with van der Waals surface area (Å²) in [5.74, 6) is -2.06. The second-order valence-corrected chi connectivity index (χ2v) is 2.42. The van der Waals surface area contributed by atoms with E-state index in [2.05, 4.69) is 4.74 Å². The average Bonchev–Trinajstić information content (AvgIpc) is 2.05. The molecule has 1 aromatic rings. The SMILES string of the molecule is O=[N+]([O-])c1cc(OC(F)(F)F)ccc1F. The van der Waals surface area contributed by atoms with E-state index >= 15 is 0 Å². The molecule has 0 fully saturated rings. The standard InChI is InChI=1S/C7H3F4NO3/c8-5-2-1-4(15-7(9,10)11)3-6(5)12(13)14/h1-3H. The summed E-state index contributed by atoms with van der Waals surface area (Å²) in [6.07, 6.45) is -4.97. The molecule has 1 rings (SSSR count). The highest BCUT2D eigenvalue weighted by molar-refractivity contribution is 5.39. The number of ether oxygens (including phenoxy) is 1. The topological polar surface area (TPSA) is 52.4 Å². The molecule has 82 valence electrons. The summed E-state index contributed by atoms with van der Waals surface area (Å²) in [7, 11) is 0. The van der Waals surface area contributed by atoms with Crippen LogP contribution in [-0.4, -0.2) is 11.3 Å². The first-order chi connectivity index (χ1) is 6.79. The van der Waals surface area contributed by atoms with Gasteiger partial charge in [-0.3, -0.25) is 10.1 Å². The molecule has 1 aromatic carbocycles. The van der Waals surface area contributed by atoms with Crippen LogP contribution in [0.25, 0.3) is 0 Å². The van der Waals surface area contributed by atoms with Gasteiger partial charge in [-0.15, -0.1) is 13.2 Å². The average molecular weight is 225 g/mol. The molecule has 0 heterocycles. The highest BCUT2D eigenvalue weighted by atomic mass is 19.4. The first-order valence-corrected chi connectivity index (χ1v) is 3.49. The van der Waals surface area contributed by atoms with E-state index in [1.807, 2.05) is 0 Å². The van der Waals surface area contributed by atoms with Crippen LogP contribution in [0.1, 0.15) is 0 Å². The van der Waals surface area contributed by atoms with Crippen LogP contribution in [-0.2, 0) is 0 Å². The van der Waals surface area contributed by atoms with Crippen molar-refractivity contribution < 1.29 is 27.2 Å². The van der Waals surface area contributed by atoms with Crippen molar-refractivity contribution in [3.8, 4) is 5.75 Å². The van der Waals surface area contributed by atoms with Crippen molar-refractivity contribution in [2.45, 2.75) is 6.36 Å². The molecule has 0 saturated carbocycles. The molecule has 0 radical (unpaired) electrons. The molecule has 0 atom stereocenters. The fraction of sp³-hybridized carbons (Fsp3) is 0.143. The van der Waals surface area contributed by atoms with Gasteiger partial charge in [0.1, 0.15) is 5.75 Å². The minimum absolute atomic E-state index is 0.364. The lowest BCUT2D eigenvalue weighted by Crippen LogP contribution is -2.17. The van der Waals surface area contributed by atoms with Gasteiger partial charge < -0.3 is 4.74 Å². The molecule has 0 aliphatic heterocycles. The van der Waals surface area contributed by atoms with E-state index in [0.717, 1.165) is 0 Å². The van der Waals surface area contributed by atoms with Crippen LogP contribution in [0.3, 0.4) is 0 Å². The third-order valence-corrected chi connectivity index (χ3v) is 1.35. The Morgan fingerprint density at radius 1 is 1.33 bits per heavy atom. The van der Waals surface area contributed by atoms with Gasteiger partial charge in [-0.05, 0) is 12.1 Å². The maximum atomic E-state index is 12.7. The summed E-state index contributed by atoms with van der Waals surface area (Å²) >= 11 is 0. The summed E-state index contributed by atoms with van der Waals surface area (Å²) in [5.41, 5.74) is -1.07. The first-order valence-electron chi connectivity index (χ1n) is 3.49. The van der Waals surface area contributed by atoms with Crippen molar-refractivity contribution >= 4 is 5.69 Å². The second-order valence-electron chi connectivity index (χ2n) is 2.42. The van der Waals surface area contributed by atoms with Crippen molar-refractivity contribution in [1.82, 2.24) is 0 Å². The molecule has 0 spiro atoms. The van der Waals surface area contributed by atoms with E-state index < -0.39 is 28.5 Å². The van der Waals surface area contributed by atoms with E-state index in [4.69, 9.17) is 0 Å². The molecule has 0 saturated heterocycles. The van der Waals surface area contributed by atoms with Crippen molar-refractivity contribution in [2.24, 2.45) is 0 Å². The Balaban J connectivity index is 3.03. The molecule has 15 heavy (non-hydrogen) atoms. The van der Waals surface area contributed by atoms with Crippen LogP contribution in [0, 0.1) is 15.9 Å². The zero-order valence-corrected chi connectivity index (χ0v) is 6.92. The first kappa shape index (κ1) is 11.2. The fourth-order valence-electron chi connectivity index (χ4n) is 0.830. The van der Waals surface area contributed by atoms with Crippen molar-refractivity contribution in [3.05, 3.63) is 34.1 Å². The molecule has 0 unspecified atom stereocenters. The van der Waals surface area contributed by atoms with E-state index in [1.165, 1.54) is 0 Å². The monoisotopic (exact) mass is 225 g/mol. The van der Waals surface area contributed by atoms with E-state index in [1.54, 1.807) is 0 Å². The predicted octanol–water partition coefficient (Wildman–Crippen LogP) is 2.63. The molecular weight excluding hydrogens is 222 g/mol. The van der Waals surface area contributed by atoms with Crippen LogP contribution in [0.4, 0.5) is 23.2 Å². The Morgan fingerprint density at radius 2 is 1.93 bits per heavy atom. The smallest absolute Gasteiger partial charge is 0.406 e. The van der Waals surface area contributed by atoms with Gasteiger partial charge >= 0.3 is 12.0 Å². The summed E-state index contributed by atoms with van der Waals surface area (Å²) in [6.45, 7) is 0. The zero-order chi connectivity index (χ0) is 11.6. The minimum atomic E-state index is -4.97. The minimum Gasteiger partial charge on any atom is -0.406 e. The van der Waals surface area contributed by atoms with Gasteiger partial charge in [-0.1, -0.05) is 0 Å². The lowest BCUT2D eigenvalue weighted by atomic mass is 10.3. The molecular formula is C7H3F4NO3. The van der Waals surface area contributed by atoms with Gasteiger partial charge in [0.05, 0.1) is 11.0 Å². The van der Waals surface area contributed by atoms with Crippen LogP contribution in [0.5, 0.6) is 5.75 Å². The highest BCUT2D eigenvalue weighted by Gasteiger charge is 2.32. The summed E-state index contributed by atoms with van der Waals surface area (Å²) in [6, 6.07) is 1.54. The third kappa shape index (κ3) is 3.08. The normalized spacial score (nSPS) is 11.2. The van der Waals surface area contributed by atoms with E-state index in [9.17, 15) is 27.7 Å². The van der Waals surface area contributed by atoms with Crippen molar-refractivity contribution in [2.75, 3.05) is 0 Å². The number of rotatable bonds is 2. The van der Waals surface area contributed by atoms with Crippen LogP contribution >= 0.6 is 0 Å². The van der Waals surface area contributed by atoms with Crippen LogP contribution < -0.4 is 4.74 Å². The van der Waals surface area contributed by atoms with E-state index in [-0.39, 0.29) is 0 Å². The number of nitro groups is 1. The Kier molecular flexibility index (Phi) is 2.78. The predicted molar refractivity (Wildman–Crippen MR) is 39.7 cm³/mol. The van der Waals surface area contributed by atoms with Gasteiger partial charge in [0.15, 0.2) is 0 Å². The molecule has 0 amide bonds. The van der Waals surface area contributed by atoms with E-state index in [0.29, 0.717) is 18.2 Å². The van der Waals surface area contributed by atoms with Gasteiger partial charge in [-0.2, -0.15) is 4.39 Å². The quantitative estimate of drug-likeness (QED) is 0.441. The Morgan fingerprint density at radius 3 is 2.40 bits per heavy atom. The van der Waals surface area contributed by atoms with Crippen molar-refractivity contribution in [1.29, 1.82) is 0 Å². The Hall–Kier alpha value is -1.86. The lowest BCUT2D eigenvalue weighted by molar-refractivity contribution is -0.387. The number of halogens is 4. The number of alkyl halides is 3. The zero-order valence-electron chi connectivity index (χ0n) is 6.92. The largest absolute Gasteiger partial charge is 0.573 e. The lowest BCUT2D eigenvalue weighted by Gasteiger charge is -2.08. The molecule has 0 N–H and O–H groups in total. The number of nitrogens with zero attached hydrogens (tertiary/aromatic N) is 1. The number of hydrogen-bond donors (Lipinski definition) is 0. The van der Waals surface area contributed by atoms with Gasteiger partial charge in [0.2, 0.25) is 5.82 Å². The van der Waals surface area contributed by atoms with Crippen LogP contribution in [0.2, 0.25) is 0 Å². The maximum Gasteiger partial charge on any atom is 0.573 e. The molecule has 0 aliphatic rings. The fourth-order valence-corrected chi connectivity index (χ4v) is 0.830. The molecule has 0 aromatic heterocycles. The summed E-state index contributed by atoms with van der Waals surface area (Å²) in [4.78, 5) is 9.03. The molecule has 4 nitrogen and oxygen atoms in total. The molecule has 8 heteroatoms. The highest BCUT2D eigenvalue weighted by Crippen LogP contribution is 2.27. The van der Waals surface area contributed by atoms with Gasteiger partial charge in [0, 0.05) is 0 Å². The Bertz CT molecular complexity index is 390. The number of benzene rings is 1. The summed E-state index contributed by atoms with van der Waals surface area (Å²) < 4.78 is 51.1. The van der Waals surface area contributed by atoms with Crippen molar-refractivity contribution in [3.63, 3.8) is 0 Å². The second kappa shape index (κ2) is 3.71. The van der Waals surface area contributed by atoms with Gasteiger partial charge in [-0.25, -0.2) is 0 Å². The molecule has 0 bridgehead atoms.